The molecule has 76 valence electrons. The minimum absolute atomic E-state index is 0.106. The smallest absolute Gasteiger partial charge is 0.213 e. The number of rotatable bonds is 0. The molecule has 0 unspecified atom stereocenters. The van der Waals surface area contributed by atoms with Gasteiger partial charge in [0, 0.05) is 6.54 Å². The van der Waals surface area contributed by atoms with Crippen molar-refractivity contribution in [3.63, 3.8) is 0 Å². The van der Waals surface area contributed by atoms with Crippen LogP contribution >= 0.6 is 0 Å². The van der Waals surface area contributed by atoms with E-state index in [4.69, 9.17) is 4.74 Å². The molecule has 1 N–H and O–H groups in total. The average Bonchev–Trinajstić information content (AvgIpc) is 2.44. The molecule has 1 heterocycles. The van der Waals surface area contributed by atoms with Gasteiger partial charge in [-0.2, -0.15) is 0 Å². The molecule has 1 saturated heterocycles. The van der Waals surface area contributed by atoms with E-state index in [0.717, 1.165) is 25.7 Å². The molecule has 0 aromatic heterocycles. The van der Waals surface area contributed by atoms with E-state index in [9.17, 15) is 8.42 Å². The molecule has 1 spiro atoms. The summed E-state index contributed by atoms with van der Waals surface area (Å²) in [6.45, 7) is 0.810. The number of hydrogen-bond donors (Lipinski definition) is 1. The molecule has 0 aromatic carbocycles. The molecule has 5 heteroatoms. The van der Waals surface area contributed by atoms with Crippen LogP contribution in [0.1, 0.15) is 25.7 Å². The van der Waals surface area contributed by atoms with E-state index in [1.165, 1.54) is 0 Å². The normalized spacial score (nSPS) is 31.7. The molecular weight excluding hydrogens is 190 g/mol. The van der Waals surface area contributed by atoms with Crippen LogP contribution < -0.4 is 4.72 Å². The minimum atomic E-state index is -3.06. The Labute approximate surface area is 78.7 Å². The molecule has 1 saturated carbocycles. The monoisotopic (exact) mass is 205 g/mol. The van der Waals surface area contributed by atoms with Crippen molar-refractivity contribution in [1.82, 2.24) is 4.72 Å². The topological polar surface area (TPSA) is 55.4 Å². The molecule has 13 heavy (non-hydrogen) atoms. The Bertz CT molecular complexity index is 280. The summed E-state index contributed by atoms with van der Waals surface area (Å²) >= 11 is 0. The van der Waals surface area contributed by atoms with Crippen LogP contribution in [0, 0.1) is 0 Å². The second-order valence-electron chi connectivity index (χ2n) is 3.88. The first kappa shape index (κ1) is 9.43. The fraction of sp³-hybridized carbons (Fsp3) is 1.00. The fourth-order valence-electron chi connectivity index (χ4n) is 2.07. The Morgan fingerprint density at radius 3 is 2.62 bits per heavy atom. The third kappa shape index (κ3) is 2.03. The van der Waals surface area contributed by atoms with Crippen LogP contribution in [0.3, 0.4) is 0 Å². The van der Waals surface area contributed by atoms with Gasteiger partial charge in [-0.15, -0.1) is 0 Å². The summed E-state index contributed by atoms with van der Waals surface area (Å²) < 4.78 is 30.7. The molecule has 0 aromatic rings. The molecule has 4 nitrogen and oxygen atoms in total. The van der Waals surface area contributed by atoms with E-state index in [1.807, 2.05) is 0 Å². The van der Waals surface area contributed by atoms with Crippen molar-refractivity contribution in [3.8, 4) is 0 Å². The standard InChI is InChI=1S/C8H15NO3S/c10-13(11)6-5-12-8(7-9-13)3-1-2-4-8/h9H,1-7H2. The van der Waals surface area contributed by atoms with Gasteiger partial charge in [0.05, 0.1) is 18.0 Å². The van der Waals surface area contributed by atoms with Gasteiger partial charge in [0.1, 0.15) is 0 Å². The lowest BCUT2D eigenvalue weighted by atomic mass is 10.0. The maximum Gasteiger partial charge on any atom is 0.213 e. The van der Waals surface area contributed by atoms with Gasteiger partial charge in [0.25, 0.3) is 0 Å². The highest BCUT2D eigenvalue weighted by molar-refractivity contribution is 7.89. The van der Waals surface area contributed by atoms with Crippen LogP contribution in [0.4, 0.5) is 0 Å². The van der Waals surface area contributed by atoms with E-state index in [1.54, 1.807) is 0 Å². The molecule has 0 amide bonds. The van der Waals surface area contributed by atoms with Crippen molar-refractivity contribution in [3.05, 3.63) is 0 Å². The van der Waals surface area contributed by atoms with Crippen molar-refractivity contribution >= 4 is 10.0 Å². The number of hydrogen-bond acceptors (Lipinski definition) is 3. The van der Waals surface area contributed by atoms with Crippen LogP contribution in [-0.4, -0.2) is 32.9 Å². The van der Waals surface area contributed by atoms with E-state index in [-0.39, 0.29) is 11.4 Å². The van der Waals surface area contributed by atoms with Crippen molar-refractivity contribution in [2.24, 2.45) is 0 Å². The Morgan fingerprint density at radius 1 is 1.23 bits per heavy atom. The van der Waals surface area contributed by atoms with Crippen molar-refractivity contribution in [2.75, 3.05) is 18.9 Å². The molecule has 0 bridgehead atoms. The molecule has 1 aliphatic heterocycles. The fourth-order valence-corrected chi connectivity index (χ4v) is 3.00. The van der Waals surface area contributed by atoms with Crippen LogP contribution in [0.15, 0.2) is 0 Å². The van der Waals surface area contributed by atoms with Crippen LogP contribution in [-0.2, 0) is 14.8 Å². The highest BCUT2D eigenvalue weighted by Gasteiger charge is 2.37. The summed E-state index contributed by atoms with van der Waals surface area (Å²) in [6.07, 6.45) is 4.30. The van der Waals surface area contributed by atoms with E-state index >= 15 is 0 Å². The van der Waals surface area contributed by atoms with Crippen molar-refractivity contribution in [2.45, 2.75) is 31.3 Å². The Kier molecular flexibility index (Phi) is 2.33. The van der Waals surface area contributed by atoms with E-state index < -0.39 is 10.0 Å². The van der Waals surface area contributed by atoms with Gasteiger partial charge in [-0.1, -0.05) is 12.8 Å². The third-order valence-corrected chi connectivity index (χ3v) is 4.18. The first-order chi connectivity index (χ1) is 6.12. The minimum Gasteiger partial charge on any atom is -0.373 e. The maximum atomic E-state index is 11.2. The van der Waals surface area contributed by atoms with Crippen LogP contribution in [0.2, 0.25) is 0 Å². The van der Waals surface area contributed by atoms with Gasteiger partial charge < -0.3 is 4.74 Å². The van der Waals surface area contributed by atoms with E-state index in [2.05, 4.69) is 4.72 Å². The molecule has 0 radical (unpaired) electrons. The number of nitrogens with one attached hydrogen (secondary N) is 1. The lowest BCUT2D eigenvalue weighted by Crippen LogP contribution is -2.39. The van der Waals surface area contributed by atoms with Gasteiger partial charge >= 0.3 is 0 Å². The second kappa shape index (κ2) is 3.22. The zero-order chi connectivity index (χ0) is 9.36. The second-order valence-corrected chi connectivity index (χ2v) is 5.80. The number of sulfonamides is 1. The first-order valence-electron chi connectivity index (χ1n) is 4.73. The summed E-state index contributed by atoms with van der Waals surface area (Å²) in [4.78, 5) is 0. The third-order valence-electron chi connectivity index (χ3n) is 2.89. The van der Waals surface area contributed by atoms with Crippen molar-refractivity contribution < 1.29 is 13.2 Å². The lowest BCUT2D eigenvalue weighted by Gasteiger charge is -2.26. The predicted octanol–water partition coefficient (Wildman–Crippen LogP) is 0.249. The Balaban J connectivity index is 2.09. The quantitative estimate of drug-likeness (QED) is 0.616. The maximum absolute atomic E-state index is 11.2. The summed E-state index contributed by atoms with van der Waals surface area (Å²) in [7, 11) is -3.06. The summed E-state index contributed by atoms with van der Waals surface area (Å²) in [5.74, 6) is 0.106. The van der Waals surface area contributed by atoms with Gasteiger partial charge in [-0.25, -0.2) is 13.1 Å². The molecule has 0 atom stereocenters. The largest absolute Gasteiger partial charge is 0.373 e. The van der Waals surface area contributed by atoms with Crippen LogP contribution in [0.5, 0.6) is 0 Å². The predicted molar refractivity (Wildman–Crippen MR) is 48.9 cm³/mol. The van der Waals surface area contributed by atoms with Gasteiger partial charge in [-0.3, -0.25) is 0 Å². The van der Waals surface area contributed by atoms with Gasteiger partial charge in [-0.05, 0) is 12.8 Å². The van der Waals surface area contributed by atoms with Crippen LogP contribution in [0.25, 0.3) is 0 Å². The zero-order valence-electron chi connectivity index (χ0n) is 7.58. The molecule has 2 rings (SSSR count). The highest BCUT2D eigenvalue weighted by atomic mass is 32.2. The van der Waals surface area contributed by atoms with Crippen molar-refractivity contribution in [1.29, 1.82) is 0 Å². The Morgan fingerprint density at radius 2 is 1.92 bits per heavy atom. The lowest BCUT2D eigenvalue weighted by molar-refractivity contribution is -0.0242. The summed E-state index contributed by atoms with van der Waals surface area (Å²) in [5.41, 5.74) is -0.177. The zero-order valence-corrected chi connectivity index (χ0v) is 8.40. The highest BCUT2D eigenvalue weighted by Crippen LogP contribution is 2.33. The number of ether oxygens (including phenoxy) is 1. The van der Waals surface area contributed by atoms with Gasteiger partial charge in [0.15, 0.2) is 0 Å². The van der Waals surface area contributed by atoms with Gasteiger partial charge in [0.2, 0.25) is 10.0 Å². The first-order valence-corrected chi connectivity index (χ1v) is 6.39. The summed E-state index contributed by atoms with van der Waals surface area (Å²) in [5, 5.41) is 0. The van der Waals surface area contributed by atoms with E-state index in [0.29, 0.717) is 13.2 Å². The Hall–Kier alpha value is -0.130. The average molecular weight is 205 g/mol. The molecule has 2 aliphatic rings. The molecule has 1 aliphatic carbocycles. The SMILES string of the molecule is O=S1(=O)CCOC2(CCCC2)CN1. The molecule has 2 fully saturated rings. The summed E-state index contributed by atoms with van der Waals surface area (Å²) in [6, 6.07) is 0. The molecular formula is C8H15NO3S.